The summed E-state index contributed by atoms with van der Waals surface area (Å²) in [6, 6.07) is 0.405. The maximum atomic E-state index is 5.94. The molecule has 0 radical (unpaired) electrons. The zero-order chi connectivity index (χ0) is 13.6. The van der Waals surface area contributed by atoms with E-state index in [1.54, 1.807) is 7.11 Å². The van der Waals surface area contributed by atoms with Gasteiger partial charge in [0.05, 0.1) is 6.10 Å². The summed E-state index contributed by atoms with van der Waals surface area (Å²) in [5.41, 5.74) is 6.16. The Bertz CT molecular complexity index is 280. The molecule has 0 amide bonds. The number of nitrogens with zero attached hydrogens (tertiary/aromatic N) is 1. The zero-order valence-electron chi connectivity index (χ0n) is 12.7. The number of halogens is 1. The number of hydrogen-bond donors (Lipinski definition) is 2. The van der Waals surface area contributed by atoms with Crippen molar-refractivity contribution in [1.82, 2.24) is 5.32 Å². The van der Waals surface area contributed by atoms with Crippen molar-refractivity contribution in [3.8, 4) is 0 Å². The number of guanidine groups is 1. The van der Waals surface area contributed by atoms with E-state index in [2.05, 4.69) is 31.1 Å². The number of hydrogen-bond acceptors (Lipinski definition) is 2. The Morgan fingerprint density at radius 2 is 2.00 bits per heavy atom. The summed E-state index contributed by atoms with van der Waals surface area (Å²) in [7, 11) is 1.81. The number of nitrogens with one attached hydrogen (secondary N) is 1. The Balaban J connectivity index is 0.00000324. The highest BCUT2D eigenvalue weighted by atomic mass is 127. The number of aliphatic imine (C=N–C) groups is 1. The van der Waals surface area contributed by atoms with Gasteiger partial charge in [0.15, 0.2) is 5.96 Å². The van der Waals surface area contributed by atoms with Gasteiger partial charge in [0.25, 0.3) is 0 Å². The molecule has 114 valence electrons. The van der Waals surface area contributed by atoms with Crippen LogP contribution >= 0.6 is 24.0 Å². The van der Waals surface area contributed by atoms with Crippen LogP contribution in [0, 0.1) is 5.41 Å². The van der Waals surface area contributed by atoms with Gasteiger partial charge in [-0.15, -0.1) is 24.0 Å². The van der Waals surface area contributed by atoms with Crippen LogP contribution < -0.4 is 11.1 Å². The molecule has 0 saturated heterocycles. The quantitative estimate of drug-likeness (QED) is 0.308. The molecule has 0 spiro atoms. The van der Waals surface area contributed by atoms with E-state index in [-0.39, 0.29) is 29.4 Å². The smallest absolute Gasteiger partial charge is 0.188 e. The van der Waals surface area contributed by atoms with Gasteiger partial charge in [-0.2, -0.15) is 0 Å². The fraction of sp³-hybridized carbons (Fsp3) is 0.929. The maximum absolute atomic E-state index is 5.94. The van der Waals surface area contributed by atoms with E-state index in [1.165, 1.54) is 0 Å². The third kappa shape index (κ3) is 4.21. The van der Waals surface area contributed by atoms with Crippen LogP contribution in [0.25, 0.3) is 0 Å². The van der Waals surface area contributed by atoms with Gasteiger partial charge < -0.3 is 15.8 Å². The van der Waals surface area contributed by atoms with Crippen molar-refractivity contribution in [2.24, 2.45) is 16.1 Å². The van der Waals surface area contributed by atoms with Crippen LogP contribution in [0.5, 0.6) is 0 Å². The minimum Gasteiger partial charge on any atom is -0.381 e. The first-order valence-corrected chi connectivity index (χ1v) is 7.23. The molecule has 4 nitrogen and oxygen atoms in total. The summed E-state index contributed by atoms with van der Waals surface area (Å²) < 4.78 is 5.57. The van der Waals surface area contributed by atoms with Crippen LogP contribution in [0.1, 0.15) is 52.9 Å². The predicted octanol–water partition coefficient (Wildman–Crippen LogP) is 2.90. The van der Waals surface area contributed by atoms with Crippen molar-refractivity contribution in [1.29, 1.82) is 0 Å². The van der Waals surface area contributed by atoms with Gasteiger partial charge in [-0.05, 0) is 25.7 Å². The average Bonchev–Trinajstić information content (AvgIpc) is 2.36. The van der Waals surface area contributed by atoms with E-state index in [4.69, 9.17) is 10.5 Å². The topological polar surface area (TPSA) is 59.6 Å². The first-order chi connectivity index (χ1) is 8.64. The predicted molar refractivity (Wildman–Crippen MR) is 92.2 cm³/mol. The van der Waals surface area contributed by atoms with E-state index in [1.807, 2.05) is 0 Å². The van der Waals surface area contributed by atoms with Gasteiger partial charge in [0, 0.05) is 25.1 Å². The minimum atomic E-state index is 0. The van der Waals surface area contributed by atoms with Crippen LogP contribution in [0.2, 0.25) is 0 Å². The first-order valence-electron chi connectivity index (χ1n) is 7.23. The molecule has 2 unspecified atom stereocenters. The number of ether oxygens (including phenoxy) is 1. The van der Waals surface area contributed by atoms with Crippen molar-refractivity contribution < 1.29 is 4.74 Å². The number of methoxy groups -OCH3 is 1. The average molecular weight is 383 g/mol. The van der Waals surface area contributed by atoms with E-state index in [9.17, 15) is 0 Å². The Labute approximate surface area is 135 Å². The van der Waals surface area contributed by atoms with Crippen LogP contribution in [0.4, 0.5) is 0 Å². The van der Waals surface area contributed by atoms with E-state index < -0.39 is 0 Å². The van der Waals surface area contributed by atoms with Gasteiger partial charge in [-0.1, -0.05) is 27.2 Å². The van der Waals surface area contributed by atoms with Gasteiger partial charge in [-0.25, -0.2) is 0 Å². The summed E-state index contributed by atoms with van der Waals surface area (Å²) in [6.07, 6.45) is 5.86. The lowest BCUT2D eigenvalue weighted by Crippen LogP contribution is -2.65. The monoisotopic (exact) mass is 383 g/mol. The van der Waals surface area contributed by atoms with Gasteiger partial charge in [-0.3, -0.25) is 4.99 Å². The summed E-state index contributed by atoms with van der Waals surface area (Å²) in [6.45, 7) is 7.44. The van der Waals surface area contributed by atoms with Crippen LogP contribution in [0.3, 0.4) is 0 Å². The van der Waals surface area contributed by atoms with Gasteiger partial charge in [0.2, 0.25) is 0 Å². The summed E-state index contributed by atoms with van der Waals surface area (Å²) >= 11 is 0. The molecule has 19 heavy (non-hydrogen) atoms. The largest absolute Gasteiger partial charge is 0.381 e. The minimum absolute atomic E-state index is 0. The Morgan fingerprint density at radius 1 is 1.37 bits per heavy atom. The van der Waals surface area contributed by atoms with E-state index in [0.29, 0.717) is 18.1 Å². The second kappa shape index (κ2) is 9.00. The fourth-order valence-corrected chi connectivity index (χ4v) is 3.06. The standard InChI is InChI=1S/C14H29N3O.HI/c1-5-8-9-16-13(15)17-11-10-12(18-4)14(11,6-2)7-3;/h11-12H,5-10H2,1-4H3,(H3,15,16,17);1H. The number of nitrogens with two attached hydrogens (primary N) is 1. The number of unbranched alkanes of at least 4 members (excludes halogenated alkanes) is 1. The molecule has 0 aromatic carbocycles. The normalized spacial score (nSPS) is 25.4. The second-order valence-corrected chi connectivity index (χ2v) is 5.22. The van der Waals surface area contributed by atoms with Crippen molar-refractivity contribution >= 4 is 29.9 Å². The molecule has 0 aromatic rings. The highest BCUT2D eigenvalue weighted by Crippen LogP contribution is 2.48. The summed E-state index contributed by atoms with van der Waals surface area (Å²) in [4.78, 5) is 4.36. The summed E-state index contributed by atoms with van der Waals surface area (Å²) in [5, 5.41) is 3.38. The SMILES string of the molecule is CCCCN=C(N)NC1CC(OC)C1(CC)CC.I. The first kappa shape index (κ1) is 19.0. The second-order valence-electron chi connectivity index (χ2n) is 5.22. The molecule has 5 heteroatoms. The number of rotatable bonds is 7. The van der Waals surface area contributed by atoms with Gasteiger partial charge in [0.1, 0.15) is 0 Å². The lowest BCUT2D eigenvalue weighted by molar-refractivity contribution is -0.118. The highest BCUT2D eigenvalue weighted by Gasteiger charge is 2.53. The molecule has 0 aromatic heterocycles. The Morgan fingerprint density at radius 3 is 2.47 bits per heavy atom. The third-order valence-corrected chi connectivity index (χ3v) is 4.50. The van der Waals surface area contributed by atoms with E-state index in [0.717, 1.165) is 38.6 Å². The van der Waals surface area contributed by atoms with Crippen LogP contribution in [0.15, 0.2) is 4.99 Å². The molecular weight excluding hydrogens is 353 g/mol. The van der Waals surface area contributed by atoms with Crippen LogP contribution in [-0.2, 0) is 4.74 Å². The lowest BCUT2D eigenvalue weighted by Gasteiger charge is -2.55. The molecule has 2 atom stereocenters. The summed E-state index contributed by atoms with van der Waals surface area (Å²) in [5.74, 6) is 0.592. The molecule has 1 rings (SSSR count). The molecule has 1 aliphatic rings. The van der Waals surface area contributed by atoms with Crippen molar-refractivity contribution in [2.75, 3.05) is 13.7 Å². The van der Waals surface area contributed by atoms with Gasteiger partial charge >= 0.3 is 0 Å². The molecule has 0 aliphatic heterocycles. The highest BCUT2D eigenvalue weighted by molar-refractivity contribution is 14.0. The van der Waals surface area contributed by atoms with Crippen molar-refractivity contribution in [3.63, 3.8) is 0 Å². The van der Waals surface area contributed by atoms with Crippen LogP contribution in [-0.4, -0.2) is 31.8 Å². The van der Waals surface area contributed by atoms with Crippen molar-refractivity contribution in [2.45, 2.75) is 65.0 Å². The third-order valence-electron chi connectivity index (χ3n) is 4.50. The Hall–Kier alpha value is -0.0400. The zero-order valence-corrected chi connectivity index (χ0v) is 15.1. The van der Waals surface area contributed by atoms with E-state index >= 15 is 0 Å². The molecule has 1 saturated carbocycles. The fourth-order valence-electron chi connectivity index (χ4n) is 3.06. The molecule has 1 aliphatic carbocycles. The molecule has 3 N–H and O–H groups in total. The van der Waals surface area contributed by atoms with Crippen molar-refractivity contribution in [3.05, 3.63) is 0 Å². The lowest BCUT2D eigenvalue weighted by atomic mass is 9.58. The Kier molecular flexibility index (Phi) is 8.98. The molecule has 0 heterocycles. The molecule has 1 fully saturated rings. The molecule has 0 bridgehead atoms. The molecular formula is C14H30IN3O. The maximum Gasteiger partial charge on any atom is 0.188 e.